The maximum absolute atomic E-state index is 12.4. The molecular weight excluding hydrogens is 320 g/mol. The molecule has 20 heavy (non-hydrogen) atoms. The van der Waals surface area contributed by atoms with Crippen LogP contribution in [0.15, 0.2) is 28.7 Å². The van der Waals surface area contributed by atoms with Gasteiger partial charge in [0.15, 0.2) is 0 Å². The van der Waals surface area contributed by atoms with Gasteiger partial charge in [-0.3, -0.25) is 4.79 Å². The van der Waals surface area contributed by atoms with E-state index in [0.29, 0.717) is 6.54 Å². The molecule has 2 N–H and O–H groups in total. The molecule has 0 saturated carbocycles. The summed E-state index contributed by atoms with van der Waals surface area (Å²) in [5.74, 6) is 0.0953. The number of nitrogens with two attached hydrogens (primary N) is 1. The van der Waals surface area contributed by atoms with Gasteiger partial charge in [-0.25, -0.2) is 0 Å². The van der Waals surface area contributed by atoms with Gasteiger partial charge in [-0.2, -0.15) is 0 Å². The summed E-state index contributed by atoms with van der Waals surface area (Å²) < 4.78 is 6.61. The van der Waals surface area contributed by atoms with Gasteiger partial charge in [0.05, 0.1) is 11.7 Å². The Hall–Kier alpha value is -0.910. The third kappa shape index (κ3) is 4.04. The molecule has 0 spiro atoms. The molecule has 0 unspecified atom stereocenters. The van der Waals surface area contributed by atoms with Gasteiger partial charge in [-0.1, -0.05) is 12.1 Å². The fraction of sp³-hybridized carbons (Fsp3) is 0.533. The average Bonchev–Trinajstić information content (AvgIpc) is 2.48. The van der Waals surface area contributed by atoms with Gasteiger partial charge in [0.25, 0.3) is 5.91 Å². The first-order valence-corrected chi connectivity index (χ1v) is 7.87. The second-order valence-electron chi connectivity index (χ2n) is 4.98. The van der Waals surface area contributed by atoms with Crippen LogP contribution in [-0.2, 0) is 4.74 Å². The summed E-state index contributed by atoms with van der Waals surface area (Å²) in [5, 5.41) is 0. The number of carbonyl (C=O) groups is 1. The van der Waals surface area contributed by atoms with E-state index >= 15 is 0 Å². The number of benzene rings is 1. The second kappa shape index (κ2) is 7.76. The number of rotatable bonds is 5. The second-order valence-corrected chi connectivity index (χ2v) is 5.84. The van der Waals surface area contributed by atoms with Gasteiger partial charge < -0.3 is 15.4 Å². The van der Waals surface area contributed by atoms with E-state index in [1.807, 2.05) is 29.2 Å². The first-order chi connectivity index (χ1) is 9.72. The van der Waals surface area contributed by atoms with E-state index in [1.54, 1.807) is 0 Å². The summed E-state index contributed by atoms with van der Waals surface area (Å²) in [7, 11) is 0. The summed E-state index contributed by atoms with van der Waals surface area (Å²) in [5.41, 5.74) is 6.18. The number of amides is 1. The molecule has 0 aliphatic carbocycles. The van der Waals surface area contributed by atoms with Crippen molar-refractivity contribution in [3.8, 4) is 0 Å². The van der Waals surface area contributed by atoms with E-state index in [4.69, 9.17) is 10.5 Å². The molecule has 4 nitrogen and oxygen atoms in total. The SMILES string of the molecule is NCCCOC1CCN(C(=O)c2ccccc2Br)CC1. The molecular formula is C15H21BrN2O2. The molecule has 0 radical (unpaired) electrons. The van der Waals surface area contributed by atoms with Gasteiger partial charge in [0, 0.05) is 24.2 Å². The van der Waals surface area contributed by atoms with Crippen molar-refractivity contribution < 1.29 is 9.53 Å². The van der Waals surface area contributed by atoms with Gasteiger partial charge in [-0.15, -0.1) is 0 Å². The minimum absolute atomic E-state index is 0.0953. The van der Waals surface area contributed by atoms with E-state index in [2.05, 4.69) is 15.9 Å². The lowest BCUT2D eigenvalue weighted by atomic mass is 10.1. The highest BCUT2D eigenvalue weighted by molar-refractivity contribution is 9.10. The van der Waals surface area contributed by atoms with Crippen molar-refractivity contribution in [1.82, 2.24) is 4.90 Å². The Morgan fingerprint density at radius 3 is 2.70 bits per heavy atom. The summed E-state index contributed by atoms with van der Waals surface area (Å²) in [6, 6.07) is 7.56. The van der Waals surface area contributed by atoms with Crippen molar-refractivity contribution in [2.75, 3.05) is 26.2 Å². The fourth-order valence-corrected chi connectivity index (χ4v) is 2.82. The Kier molecular flexibility index (Phi) is 6.01. The van der Waals surface area contributed by atoms with Crippen molar-refractivity contribution in [3.05, 3.63) is 34.3 Å². The third-order valence-corrected chi connectivity index (χ3v) is 4.23. The Labute approximate surface area is 128 Å². The summed E-state index contributed by atoms with van der Waals surface area (Å²) in [4.78, 5) is 14.3. The van der Waals surface area contributed by atoms with Gasteiger partial charge in [-0.05, 0) is 53.9 Å². The normalized spacial score (nSPS) is 16.4. The minimum Gasteiger partial charge on any atom is -0.378 e. The number of likely N-dealkylation sites (tertiary alicyclic amines) is 1. The number of halogens is 1. The number of hydrogen-bond donors (Lipinski definition) is 1. The van der Waals surface area contributed by atoms with Crippen LogP contribution in [0.3, 0.4) is 0 Å². The summed E-state index contributed by atoms with van der Waals surface area (Å²) in [6.45, 7) is 2.90. The molecule has 1 aliphatic heterocycles. The highest BCUT2D eigenvalue weighted by atomic mass is 79.9. The van der Waals surface area contributed by atoms with Crippen LogP contribution in [0.25, 0.3) is 0 Å². The van der Waals surface area contributed by atoms with Crippen LogP contribution in [0.2, 0.25) is 0 Å². The molecule has 1 amide bonds. The fourth-order valence-electron chi connectivity index (χ4n) is 2.36. The van der Waals surface area contributed by atoms with Crippen LogP contribution >= 0.6 is 15.9 Å². The quantitative estimate of drug-likeness (QED) is 0.837. The van der Waals surface area contributed by atoms with Crippen molar-refractivity contribution in [1.29, 1.82) is 0 Å². The molecule has 1 fully saturated rings. The average molecular weight is 341 g/mol. The van der Waals surface area contributed by atoms with E-state index in [0.717, 1.165) is 49.0 Å². The van der Waals surface area contributed by atoms with Crippen LogP contribution in [0, 0.1) is 0 Å². The first-order valence-electron chi connectivity index (χ1n) is 7.08. The van der Waals surface area contributed by atoms with E-state index in [1.165, 1.54) is 0 Å². The zero-order chi connectivity index (χ0) is 14.4. The number of carbonyl (C=O) groups excluding carboxylic acids is 1. The van der Waals surface area contributed by atoms with Gasteiger partial charge >= 0.3 is 0 Å². The molecule has 1 aromatic rings. The molecule has 0 atom stereocenters. The van der Waals surface area contributed by atoms with Crippen LogP contribution in [-0.4, -0.2) is 43.2 Å². The molecule has 1 saturated heterocycles. The molecule has 0 bridgehead atoms. The van der Waals surface area contributed by atoms with Crippen molar-refractivity contribution >= 4 is 21.8 Å². The zero-order valence-electron chi connectivity index (χ0n) is 11.6. The Morgan fingerprint density at radius 1 is 1.35 bits per heavy atom. The smallest absolute Gasteiger partial charge is 0.255 e. The predicted molar refractivity (Wildman–Crippen MR) is 82.7 cm³/mol. The lowest BCUT2D eigenvalue weighted by Crippen LogP contribution is -2.41. The van der Waals surface area contributed by atoms with Gasteiger partial charge in [0.2, 0.25) is 0 Å². The topological polar surface area (TPSA) is 55.6 Å². The maximum atomic E-state index is 12.4. The standard InChI is InChI=1S/C15H21BrN2O2/c16-14-5-2-1-4-13(14)15(19)18-9-6-12(7-10-18)20-11-3-8-17/h1-2,4-5,12H,3,6-11,17H2. The monoisotopic (exact) mass is 340 g/mol. The molecule has 0 aromatic heterocycles. The van der Waals surface area contributed by atoms with Crippen LogP contribution in [0.5, 0.6) is 0 Å². The number of nitrogens with zero attached hydrogens (tertiary/aromatic N) is 1. The number of ether oxygens (including phenoxy) is 1. The summed E-state index contributed by atoms with van der Waals surface area (Å²) in [6.07, 6.45) is 2.97. The van der Waals surface area contributed by atoms with Crippen LogP contribution in [0.1, 0.15) is 29.6 Å². The van der Waals surface area contributed by atoms with E-state index in [9.17, 15) is 4.79 Å². The van der Waals surface area contributed by atoms with Crippen LogP contribution < -0.4 is 5.73 Å². The predicted octanol–water partition coefficient (Wildman–Crippen LogP) is 2.42. The molecule has 2 rings (SSSR count). The summed E-state index contributed by atoms with van der Waals surface area (Å²) >= 11 is 3.43. The zero-order valence-corrected chi connectivity index (χ0v) is 13.1. The number of piperidine rings is 1. The lowest BCUT2D eigenvalue weighted by Gasteiger charge is -2.32. The molecule has 1 heterocycles. The Balaban J connectivity index is 1.85. The third-order valence-electron chi connectivity index (χ3n) is 3.54. The van der Waals surface area contributed by atoms with Crippen molar-refractivity contribution in [2.45, 2.75) is 25.4 Å². The number of hydrogen-bond acceptors (Lipinski definition) is 3. The minimum atomic E-state index is 0.0953. The molecule has 110 valence electrons. The van der Waals surface area contributed by atoms with Crippen LogP contribution in [0.4, 0.5) is 0 Å². The lowest BCUT2D eigenvalue weighted by molar-refractivity contribution is 0.00842. The highest BCUT2D eigenvalue weighted by Crippen LogP contribution is 2.21. The highest BCUT2D eigenvalue weighted by Gasteiger charge is 2.24. The van der Waals surface area contributed by atoms with Gasteiger partial charge in [0.1, 0.15) is 0 Å². The Bertz CT molecular complexity index is 445. The van der Waals surface area contributed by atoms with Crippen molar-refractivity contribution in [3.63, 3.8) is 0 Å². The Morgan fingerprint density at radius 2 is 2.05 bits per heavy atom. The van der Waals surface area contributed by atoms with E-state index < -0.39 is 0 Å². The maximum Gasteiger partial charge on any atom is 0.255 e. The molecule has 5 heteroatoms. The largest absolute Gasteiger partial charge is 0.378 e. The first kappa shape index (κ1) is 15.5. The van der Waals surface area contributed by atoms with E-state index in [-0.39, 0.29) is 12.0 Å². The molecule has 1 aromatic carbocycles. The molecule has 1 aliphatic rings. The van der Waals surface area contributed by atoms with Crippen molar-refractivity contribution in [2.24, 2.45) is 5.73 Å².